The van der Waals surface area contributed by atoms with E-state index in [1.807, 2.05) is 36.5 Å². The van der Waals surface area contributed by atoms with E-state index in [0.29, 0.717) is 18.4 Å². The SMILES string of the molecule is Cc1ccc(CO[C@H]2C[N+]3(Cc4cnc([C@](O)(c5ccccc5)C5CCCCC5)o4)CCC2CC3)cc1. The van der Waals surface area contributed by atoms with E-state index in [1.54, 1.807) is 0 Å². The number of aromatic nitrogens is 1. The summed E-state index contributed by atoms with van der Waals surface area (Å²) in [6, 6.07) is 18.7. The summed E-state index contributed by atoms with van der Waals surface area (Å²) in [4.78, 5) is 4.73. The molecule has 4 heterocycles. The minimum absolute atomic E-state index is 0.132. The molecule has 0 amide bonds. The number of piperidine rings is 3. The Morgan fingerprint density at radius 3 is 2.43 bits per heavy atom. The highest BCUT2D eigenvalue weighted by Crippen LogP contribution is 2.44. The molecule has 0 radical (unpaired) electrons. The molecule has 5 heteroatoms. The van der Waals surface area contributed by atoms with Crippen molar-refractivity contribution in [1.82, 2.24) is 4.98 Å². The van der Waals surface area contributed by atoms with Crippen LogP contribution in [0.2, 0.25) is 0 Å². The van der Waals surface area contributed by atoms with E-state index in [1.165, 1.54) is 30.4 Å². The predicted octanol–water partition coefficient (Wildman–Crippen LogP) is 6.13. The zero-order chi connectivity index (χ0) is 25.3. The summed E-state index contributed by atoms with van der Waals surface area (Å²) in [5.41, 5.74) is 2.25. The van der Waals surface area contributed by atoms with Crippen molar-refractivity contribution in [2.75, 3.05) is 19.6 Å². The largest absolute Gasteiger partial charge is 0.436 e. The number of oxazole rings is 1. The van der Waals surface area contributed by atoms with E-state index in [9.17, 15) is 5.11 Å². The highest BCUT2D eigenvalue weighted by Gasteiger charge is 2.48. The van der Waals surface area contributed by atoms with Crippen LogP contribution in [0.25, 0.3) is 0 Å². The maximum absolute atomic E-state index is 12.2. The van der Waals surface area contributed by atoms with Gasteiger partial charge in [-0.2, -0.15) is 0 Å². The van der Waals surface area contributed by atoms with Gasteiger partial charge >= 0.3 is 0 Å². The second-order valence-electron chi connectivity index (χ2n) is 11.9. The molecular formula is C32H41N2O3+. The van der Waals surface area contributed by atoms with E-state index in [-0.39, 0.29) is 12.0 Å². The van der Waals surface area contributed by atoms with Gasteiger partial charge in [0.1, 0.15) is 19.2 Å². The van der Waals surface area contributed by atoms with Gasteiger partial charge in [-0.1, -0.05) is 79.4 Å². The van der Waals surface area contributed by atoms with Crippen molar-refractivity contribution in [2.24, 2.45) is 11.8 Å². The highest BCUT2D eigenvalue weighted by atomic mass is 16.5. The molecule has 4 aliphatic rings. The molecule has 1 saturated carbocycles. The molecule has 37 heavy (non-hydrogen) atoms. The molecular weight excluding hydrogens is 460 g/mol. The molecule has 5 nitrogen and oxygen atoms in total. The fourth-order valence-corrected chi connectivity index (χ4v) is 7.15. The normalized spacial score (nSPS) is 27.7. The summed E-state index contributed by atoms with van der Waals surface area (Å²) < 4.78 is 14.0. The third-order valence-corrected chi connectivity index (χ3v) is 9.41. The van der Waals surface area contributed by atoms with Crippen molar-refractivity contribution in [1.29, 1.82) is 0 Å². The van der Waals surface area contributed by atoms with Crippen LogP contribution in [0.15, 0.2) is 65.2 Å². The Hall–Kier alpha value is -2.47. The Bertz CT molecular complexity index is 1160. The first-order valence-electron chi connectivity index (χ1n) is 14.3. The zero-order valence-electron chi connectivity index (χ0n) is 22.1. The van der Waals surface area contributed by atoms with E-state index >= 15 is 0 Å². The average molecular weight is 502 g/mol. The number of benzene rings is 2. The summed E-state index contributed by atoms with van der Waals surface area (Å²) in [6.45, 7) is 6.97. The Labute approximate surface area is 221 Å². The molecule has 2 aromatic carbocycles. The molecule has 3 aromatic rings. The molecule has 0 spiro atoms. The van der Waals surface area contributed by atoms with E-state index in [0.717, 1.165) is 67.7 Å². The van der Waals surface area contributed by atoms with Gasteiger partial charge in [-0.25, -0.2) is 4.98 Å². The van der Waals surface area contributed by atoms with Crippen LogP contribution in [-0.4, -0.2) is 40.3 Å². The van der Waals surface area contributed by atoms with Gasteiger partial charge in [0, 0.05) is 24.7 Å². The summed E-state index contributed by atoms with van der Waals surface area (Å²) in [7, 11) is 0. The van der Waals surface area contributed by atoms with Crippen molar-refractivity contribution in [3.05, 3.63) is 89.1 Å². The molecule has 1 aliphatic carbocycles. The van der Waals surface area contributed by atoms with Gasteiger partial charge in [-0.3, -0.25) is 0 Å². The first kappa shape index (κ1) is 24.8. The summed E-state index contributed by atoms with van der Waals surface area (Å²) in [5.74, 6) is 2.15. The van der Waals surface area contributed by atoms with Crippen LogP contribution < -0.4 is 0 Å². The molecule has 1 aromatic heterocycles. The number of aliphatic hydroxyl groups is 1. The maximum Gasteiger partial charge on any atom is 0.231 e. The van der Waals surface area contributed by atoms with E-state index in [4.69, 9.17) is 14.1 Å². The second kappa shape index (κ2) is 10.4. The molecule has 7 rings (SSSR count). The first-order valence-corrected chi connectivity index (χ1v) is 14.3. The second-order valence-corrected chi connectivity index (χ2v) is 11.9. The van der Waals surface area contributed by atoms with Gasteiger partial charge in [0.25, 0.3) is 0 Å². The van der Waals surface area contributed by atoms with Crippen LogP contribution in [0.4, 0.5) is 0 Å². The minimum atomic E-state index is -1.17. The number of hydrogen-bond acceptors (Lipinski definition) is 4. The number of fused-ring (bicyclic) bond motifs is 3. The van der Waals surface area contributed by atoms with Gasteiger partial charge in [0.05, 0.1) is 25.9 Å². The Kier molecular flexibility index (Phi) is 6.95. The zero-order valence-corrected chi connectivity index (χ0v) is 22.1. The van der Waals surface area contributed by atoms with Crippen LogP contribution in [0.1, 0.15) is 73.3 Å². The predicted molar refractivity (Wildman–Crippen MR) is 144 cm³/mol. The van der Waals surface area contributed by atoms with E-state index in [2.05, 4.69) is 31.2 Å². The Balaban J connectivity index is 1.19. The standard InChI is InChI=1S/C32H41N2O3/c1-24-12-14-25(15-13-24)23-36-30-22-34(18-16-26(30)17-19-34)21-29-20-33-31(37-29)32(35,27-8-4-2-5-9-27)28-10-6-3-7-11-28/h2,4-5,8-9,12-15,20,26,28,30,35H,3,6-7,10-11,16-19,21-23H2,1H3/q+1/t26?,30-,32-,34?/m0/s1. The molecule has 3 saturated heterocycles. The average Bonchev–Trinajstić information content (AvgIpc) is 3.42. The fraction of sp³-hybridized carbons (Fsp3) is 0.531. The monoisotopic (exact) mass is 501 g/mol. The van der Waals surface area contributed by atoms with Crippen LogP contribution in [0, 0.1) is 18.8 Å². The van der Waals surface area contributed by atoms with Gasteiger partial charge in [-0.15, -0.1) is 0 Å². The molecule has 0 unspecified atom stereocenters. The highest BCUT2D eigenvalue weighted by molar-refractivity contribution is 5.30. The number of ether oxygens (including phenoxy) is 1. The third kappa shape index (κ3) is 5.01. The number of hydrogen-bond donors (Lipinski definition) is 1. The third-order valence-electron chi connectivity index (χ3n) is 9.41. The molecule has 2 atom stereocenters. The minimum Gasteiger partial charge on any atom is -0.436 e. The number of quaternary nitrogens is 1. The lowest BCUT2D eigenvalue weighted by Crippen LogP contribution is -2.63. The van der Waals surface area contributed by atoms with Crippen LogP contribution in [0.5, 0.6) is 0 Å². The first-order chi connectivity index (χ1) is 18.0. The lowest BCUT2D eigenvalue weighted by Gasteiger charge is -2.52. The van der Waals surface area contributed by atoms with Crippen molar-refractivity contribution in [3.8, 4) is 0 Å². The van der Waals surface area contributed by atoms with Gasteiger partial charge < -0.3 is 18.7 Å². The van der Waals surface area contributed by atoms with Gasteiger partial charge in [-0.05, 0) is 30.9 Å². The van der Waals surface area contributed by atoms with Crippen molar-refractivity contribution in [3.63, 3.8) is 0 Å². The molecule has 196 valence electrons. The summed E-state index contributed by atoms with van der Waals surface area (Å²) in [6.07, 6.45) is 10.1. The molecule has 3 aliphatic heterocycles. The Morgan fingerprint density at radius 1 is 0.973 bits per heavy atom. The van der Waals surface area contributed by atoms with Gasteiger partial charge in [0.15, 0.2) is 11.4 Å². The fourth-order valence-electron chi connectivity index (χ4n) is 7.15. The molecule has 2 bridgehead atoms. The van der Waals surface area contributed by atoms with E-state index < -0.39 is 5.60 Å². The molecule has 1 N–H and O–H groups in total. The molecule has 4 fully saturated rings. The van der Waals surface area contributed by atoms with Crippen molar-refractivity contribution >= 4 is 0 Å². The summed E-state index contributed by atoms with van der Waals surface area (Å²) in [5, 5.41) is 12.2. The quantitative estimate of drug-likeness (QED) is 0.378. The van der Waals surface area contributed by atoms with Crippen LogP contribution in [-0.2, 0) is 23.5 Å². The topological polar surface area (TPSA) is 55.5 Å². The van der Waals surface area contributed by atoms with Crippen LogP contribution in [0.3, 0.4) is 0 Å². The van der Waals surface area contributed by atoms with Crippen molar-refractivity contribution in [2.45, 2.75) is 76.7 Å². The Morgan fingerprint density at radius 2 is 1.70 bits per heavy atom. The number of aryl methyl sites for hydroxylation is 1. The maximum atomic E-state index is 12.2. The van der Waals surface area contributed by atoms with Crippen molar-refractivity contribution < 1.29 is 18.7 Å². The van der Waals surface area contributed by atoms with Gasteiger partial charge in [0.2, 0.25) is 5.89 Å². The lowest BCUT2D eigenvalue weighted by atomic mass is 9.73. The number of rotatable bonds is 8. The summed E-state index contributed by atoms with van der Waals surface area (Å²) >= 11 is 0. The number of nitrogens with zero attached hydrogens (tertiary/aromatic N) is 2. The smallest absolute Gasteiger partial charge is 0.231 e. The lowest BCUT2D eigenvalue weighted by molar-refractivity contribution is -0.959. The van der Waals surface area contributed by atoms with Crippen LogP contribution >= 0.6 is 0 Å².